The van der Waals surface area contributed by atoms with Crippen LogP contribution in [0.25, 0.3) is 5.57 Å². The molecule has 0 aliphatic carbocycles. The number of pyridine rings is 1. The van der Waals surface area contributed by atoms with E-state index in [0.29, 0.717) is 11.1 Å². The Morgan fingerprint density at radius 3 is 2.33 bits per heavy atom. The first-order valence-electron chi connectivity index (χ1n) is 6.99. The van der Waals surface area contributed by atoms with Crippen LogP contribution in [0.1, 0.15) is 22.4 Å². The molecule has 3 nitrogen and oxygen atoms in total. The maximum Gasteiger partial charge on any atom is 0.416 e. The molecule has 2 rings (SSSR count). The van der Waals surface area contributed by atoms with Crippen molar-refractivity contribution in [2.45, 2.75) is 13.1 Å². The van der Waals surface area contributed by atoms with Gasteiger partial charge in [-0.05, 0) is 47.9 Å². The van der Waals surface area contributed by atoms with Gasteiger partial charge in [-0.1, -0.05) is 24.3 Å². The van der Waals surface area contributed by atoms with E-state index in [-0.39, 0.29) is 0 Å². The Bertz CT molecular complexity index is 791. The van der Waals surface area contributed by atoms with Gasteiger partial charge in [0.05, 0.1) is 5.56 Å². The summed E-state index contributed by atoms with van der Waals surface area (Å²) in [5, 5.41) is 8.69. The van der Waals surface area contributed by atoms with Crippen LogP contribution in [0.5, 0.6) is 0 Å². The van der Waals surface area contributed by atoms with E-state index in [1.165, 1.54) is 18.2 Å². The lowest BCUT2D eigenvalue weighted by Gasteiger charge is -2.11. The zero-order chi connectivity index (χ0) is 17.7. The zero-order valence-corrected chi connectivity index (χ0v) is 12.7. The van der Waals surface area contributed by atoms with Crippen LogP contribution in [0, 0.1) is 6.92 Å². The number of benzene rings is 1. The topological polar surface area (TPSA) is 50.2 Å². The Hall–Kier alpha value is -2.89. The van der Waals surface area contributed by atoms with Gasteiger partial charge in [-0.3, -0.25) is 4.98 Å². The Kier molecular flexibility index (Phi) is 5.18. The van der Waals surface area contributed by atoms with Crippen LogP contribution in [-0.2, 0) is 11.0 Å². The molecule has 0 aliphatic heterocycles. The van der Waals surface area contributed by atoms with Crippen LogP contribution in [0.4, 0.5) is 13.2 Å². The lowest BCUT2D eigenvalue weighted by molar-refractivity contribution is -0.137. The van der Waals surface area contributed by atoms with Crippen molar-refractivity contribution in [1.82, 2.24) is 4.98 Å². The molecule has 0 aliphatic rings. The molecule has 0 unspecified atom stereocenters. The largest absolute Gasteiger partial charge is 0.478 e. The Morgan fingerprint density at radius 1 is 1.12 bits per heavy atom. The van der Waals surface area contributed by atoms with Gasteiger partial charge in [0.2, 0.25) is 0 Å². The van der Waals surface area contributed by atoms with Crippen LogP contribution in [0.15, 0.2) is 60.8 Å². The highest BCUT2D eigenvalue weighted by molar-refractivity contribution is 5.84. The first kappa shape index (κ1) is 17.5. The number of rotatable bonds is 4. The number of nitrogens with zero attached hydrogens (tertiary/aromatic N) is 1. The summed E-state index contributed by atoms with van der Waals surface area (Å²) in [7, 11) is 0. The number of alkyl halides is 3. The number of carboxylic acid groups (broad SMARTS) is 1. The number of halogens is 3. The number of hydrogen-bond donors (Lipinski definition) is 1. The Labute approximate surface area is 136 Å². The molecule has 1 heterocycles. The summed E-state index contributed by atoms with van der Waals surface area (Å²) in [5.74, 6) is -1.11. The first-order chi connectivity index (χ1) is 11.3. The van der Waals surface area contributed by atoms with Crippen LogP contribution >= 0.6 is 0 Å². The number of allylic oxidation sites excluding steroid dienone is 2. The van der Waals surface area contributed by atoms with Crippen LogP contribution in [-0.4, -0.2) is 16.1 Å². The summed E-state index contributed by atoms with van der Waals surface area (Å²) >= 11 is 0. The van der Waals surface area contributed by atoms with Crippen molar-refractivity contribution >= 4 is 11.5 Å². The molecule has 2 aromatic rings. The number of carbonyl (C=O) groups is 1. The monoisotopic (exact) mass is 333 g/mol. The molecule has 0 bridgehead atoms. The van der Waals surface area contributed by atoms with E-state index in [4.69, 9.17) is 5.11 Å². The van der Waals surface area contributed by atoms with Crippen LogP contribution in [0.3, 0.4) is 0 Å². The average molecular weight is 333 g/mol. The average Bonchev–Trinajstić information content (AvgIpc) is 2.50. The fourth-order valence-electron chi connectivity index (χ4n) is 2.14. The van der Waals surface area contributed by atoms with Crippen LogP contribution < -0.4 is 0 Å². The summed E-state index contributed by atoms with van der Waals surface area (Å²) in [6, 6.07) is 8.21. The second-order valence-electron chi connectivity index (χ2n) is 5.04. The summed E-state index contributed by atoms with van der Waals surface area (Å²) < 4.78 is 38.1. The smallest absolute Gasteiger partial charge is 0.416 e. The number of aliphatic carboxylic acids is 1. The van der Waals surface area contributed by atoms with Crippen molar-refractivity contribution in [3.05, 3.63) is 83.2 Å². The summed E-state index contributed by atoms with van der Waals surface area (Å²) in [4.78, 5) is 14.7. The van der Waals surface area contributed by atoms with Crippen molar-refractivity contribution in [3.63, 3.8) is 0 Å². The molecular formula is C18H14F3NO2. The highest BCUT2D eigenvalue weighted by atomic mass is 19.4. The van der Waals surface area contributed by atoms with Crippen LogP contribution in [0.2, 0.25) is 0 Å². The second-order valence-corrected chi connectivity index (χ2v) is 5.04. The third-order valence-corrected chi connectivity index (χ3v) is 3.23. The van der Waals surface area contributed by atoms with Crippen molar-refractivity contribution in [2.24, 2.45) is 0 Å². The molecule has 1 aromatic heterocycles. The minimum atomic E-state index is -4.40. The van der Waals surface area contributed by atoms with E-state index in [1.807, 2.05) is 0 Å². The van der Waals surface area contributed by atoms with Gasteiger partial charge in [-0.15, -0.1) is 0 Å². The Morgan fingerprint density at radius 2 is 1.79 bits per heavy atom. The fourth-order valence-corrected chi connectivity index (χ4v) is 2.14. The number of aromatic nitrogens is 1. The standard InChI is InChI=1S/C18H14F3NO2/c1-12-11-14(9-10-22-12)16(3-2-4-17(23)24)13-5-7-15(8-6-13)18(19,20)21/h2-11H,1H3,(H,23,24)/b4-2+,16-3-. The molecule has 24 heavy (non-hydrogen) atoms. The van der Waals surface area contributed by atoms with Crippen molar-refractivity contribution < 1.29 is 23.1 Å². The number of hydrogen-bond acceptors (Lipinski definition) is 2. The molecule has 6 heteroatoms. The molecule has 0 amide bonds. The Balaban J connectivity index is 2.48. The maximum atomic E-state index is 12.7. The first-order valence-corrected chi connectivity index (χ1v) is 6.99. The summed E-state index contributed by atoms with van der Waals surface area (Å²) in [6.45, 7) is 1.79. The van der Waals surface area contributed by atoms with E-state index in [1.54, 1.807) is 31.3 Å². The lowest BCUT2D eigenvalue weighted by atomic mass is 9.96. The SMILES string of the molecule is Cc1cc(/C(=C\C=C\C(=O)O)c2ccc(C(F)(F)F)cc2)ccn1. The van der Waals surface area contributed by atoms with Crippen molar-refractivity contribution in [1.29, 1.82) is 0 Å². The zero-order valence-electron chi connectivity index (χ0n) is 12.7. The molecular weight excluding hydrogens is 319 g/mol. The van der Waals surface area contributed by atoms with Gasteiger partial charge in [0.15, 0.2) is 0 Å². The van der Waals surface area contributed by atoms with Gasteiger partial charge in [0, 0.05) is 18.0 Å². The fraction of sp³-hybridized carbons (Fsp3) is 0.111. The predicted molar refractivity (Wildman–Crippen MR) is 84.3 cm³/mol. The highest BCUT2D eigenvalue weighted by Gasteiger charge is 2.30. The molecule has 1 aromatic carbocycles. The minimum absolute atomic E-state index is 0.545. The summed E-state index contributed by atoms with van der Waals surface area (Å²) in [6.07, 6.45) is 1.02. The molecule has 0 saturated carbocycles. The van der Waals surface area contributed by atoms with Gasteiger partial charge in [-0.2, -0.15) is 13.2 Å². The molecule has 0 radical (unpaired) electrons. The minimum Gasteiger partial charge on any atom is -0.478 e. The molecule has 0 atom stereocenters. The van der Waals surface area contributed by atoms with Gasteiger partial charge < -0.3 is 5.11 Å². The third-order valence-electron chi connectivity index (χ3n) is 3.23. The van der Waals surface area contributed by atoms with E-state index >= 15 is 0 Å². The van der Waals surface area contributed by atoms with E-state index in [0.717, 1.165) is 29.5 Å². The maximum absolute atomic E-state index is 12.7. The molecule has 0 fully saturated rings. The van der Waals surface area contributed by atoms with Crippen molar-refractivity contribution in [2.75, 3.05) is 0 Å². The lowest BCUT2D eigenvalue weighted by Crippen LogP contribution is -2.04. The highest BCUT2D eigenvalue weighted by Crippen LogP contribution is 2.31. The van der Waals surface area contributed by atoms with Crippen molar-refractivity contribution in [3.8, 4) is 0 Å². The number of aryl methyl sites for hydroxylation is 1. The molecule has 0 saturated heterocycles. The predicted octanol–water partition coefficient (Wildman–Crippen LogP) is 4.48. The van der Waals surface area contributed by atoms with Gasteiger partial charge in [0.1, 0.15) is 0 Å². The van der Waals surface area contributed by atoms with E-state index in [9.17, 15) is 18.0 Å². The normalized spacial score (nSPS) is 12.6. The summed E-state index contributed by atoms with van der Waals surface area (Å²) in [5.41, 5.74) is 1.89. The second kappa shape index (κ2) is 7.12. The molecule has 1 N–H and O–H groups in total. The molecule has 0 spiro atoms. The van der Waals surface area contributed by atoms with Gasteiger partial charge >= 0.3 is 12.1 Å². The quantitative estimate of drug-likeness (QED) is 0.663. The van der Waals surface area contributed by atoms with Gasteiger partial charge in [-0.25, -0.2) is 4.79 Å². The number of carboxylic acids is 1. The van der Waals surface area contributed by atoms with E-state index in [2.05, 4.69) is 4.98 Å². The molecule has 124 valence electrons. The van der Waals surface area contributed by atoms with Gasteiger partial charge in [0.25, 0.3) is 0 Å². The van der Waals surface area contributed by atoms with E-state index < -0.39 is 17.7 Å². The third kappa shape index (κ3) is 4.55.